The van der Waals surface area contributed by atoms with Crippen molar-refractivity contribution in [2.24, 2.45) is 5.73 Å². The molecule has 3 N–H and O–H groups in total. The molecule has 26 heavy (non-hydrogen) atoms. The summed E-state index contributed by atoms with van der Waals surface area (Å²) in [4.78, 5) is 16.5. The number of nitrogens with one attached hydrogen (secondary N) is 1. The monoisotopic (exact) mass is 377 g/mol. The number of hydrogen-bond donors (Lipinski definition) is 2. The molecule has 0 radical (unpaired) electrons. The summed E-state index contributed by atoms with van der Waals surface area (Å²) in [6, 6.07) is 10.7. The minimum absolute atomic E-state index is 0.0673. The first kappa shape index (κ1) is 18.2. The van der Waals surface area contributed by atoms with E-state index in [1.807, 2.05) is 11.0 Å². The molecule has 1 aliphatic heterocycles. The molecule has 0 aliphatic carbocycles. The van der Waals surface area contributed by atoms with Gasteiger partial charge < -0.3 is 10.6 Å². The van der Waals surface area contributed by atoms with Crippen LogP contribution in [0, 0.1) is 10.1 Å². The van der Waals surface area contributed by atoms with Crippen LogP contribution in [0.1, 0.15) is 12.1 Å². The number of aromatic nitrogens is 1. The van der Waals surface area contributed by atoms with Crippen molar-refractivity contribution in [1.82, 2.24) is 9.71 Å². The molecule has 1 atom stereocenters. The van der Waals surface area contributed by atoms with Crippen molar-refractivity contribution in [3.05, 3.63) is 58.3 Å². The van der Waals surface area contributed by atoms with Crippen LogP contribution in [-0.4, -0.2) is 37.5 Å². The van der Waals surface area contributed by atoms with Crippen LogP contribution in [0.5, 0.6) is 0 Å². The topological polar surface area (TPSA) is 131 Å². The number of rotatable bonds is 6. The van der Waals surface area contributed by atoms with Gasteiger partial charge >= 0.3 is 0 Å². The van der Waals surface area contributed by atoms with Crippen molar-refractivity contribution >= 4 is 21.5 Å². The quantitative estimate of drug-likeness (QED) is 0.567. The SMILES string of the molecule is NC1CCN(c2cccc(CNS(=O)(=O)c3ccccc3[N+](=O)[O-])n2)C1. The van der Waals surface area contributed by atoms with Gasteiger partial charge in [-0.25, -0.2) is 18.1 Å². The Labute approximate surface area is 151 Å². The van der Waals surface area contributed by atoms with Gasteiger partial charge in [-0.1, -0.05) is 18.2 Å². The molecule has 3 rings (SSSR count). The zero-order chi connectivity index (χ0) is 18.7. The molecular weight excluding hydrogens is 358 g/mol. The first-order valence-electron chi connectivity index (χ1n) is 8.06. The fraction of sp³-hybridized carbons (Fsp3) is 0.312. The van der Waals surface area contributed by atoms with E-state index in [1.54, 1.807) is 12.1 Å². The molecule has 2 aromatic rings. The van der Waals surface area contributed by atoms with Crippen LogP contribution < -0.4 is 15.4 Å². The molecule has 138 valence electrons. The Morgan fingerprint density at radius 2 is 2.04 bits per heavy atom. The third kappa shape index (κ3) is 3.98. The predicted octanol–water partition coefficient (Wildman–Crippen LogP) is 1.01. The van der Waals surface area contributed by atoms with E-state index < -0.39 is 20.6 Å². The molecule has 2 heterocycles. The third-order valence-corrected chi connectivity index (χ3v) is 5.58. The average molecular weight is 377 g/mol. The molecular formula is C16H19N5O4S. The Morgan fingerprint density at radius 1 is 1.27 bits per heavy atom. The molecule has 1 aromatic heterocycles. The zero-order valence-corrected chi connectivity index (χ0v) is 14.7. The van der Waals surface area contributed by atoms with Gasteiger partial charge in [0.25, 0.3) is 5.69 Å². The van der Waals surface area contributed by atoms with Crippen LogP contribution in [0.4, 0.5) is 11.5 Å². The Hall–Kier alpha value is -2.56. The lowest BCUT2D eigenvalue weighted by Gasteiger charge is -2.17. The smallest absolute Gasteiger partial charge is 0.289 e. The van der Waals surface area contributed by atoms with Crippen molar-refractivity contribution in [3.63, 3.8) is 0 Å². The summed E-state index contributed by atoms with van der Waals surface area (Å²) in [7, 11) is -4.04. The highest BCUT2D eigenvalue weighted by Crippen LogP contribution is 2.23. The number of nitrogens with two attached hydrogens (primary N) is 1. The Bertz CT molecular complexity index is 918. The lowest BCUT2D eigenvalue weighted by Crippen LogP contribution is -2.27. The van der Waals surface area contributed by atoms with Gasteiger partial charge in [-0.3, -0.25) is 10.1 Å². The Morgan fingerprint density at radius 3 is 2.73 bits per heavy atom. The summed E-state index contributed by atoms with van der Waals surface area (Å²) in [5.41, 5.74) is 5.96. The summed E-state index contributed by atoms with van der Waals surface area (Å²) in [5.74, 6) is 0.736. The third-order valence-electron chi connectivity index (χ3n) is 4.14. The van der Waals surface area contributed by atoms with Gasteiger partial charge in [-0.2, -0.15) is 0 Å². The van der Waals surface area contributed by atoms with Gasteiger partial charge in [-0.15, -0.1) is 0 Å². The van der Waals surface area contributed by atoms with Crippen molar-refractivity contribution in [2.45, 2.75) is 23.9 Å². The summed E-state index contributed by atoms with van der Waals surface area (Å²) < 4.78 is 27.3. The number of nitrogens with zero attached hydrogens (tertiary/aromatic N) is 3. The van der Waals surface area contributed by atoms with Crippen molar-refractivity contribution in [1.29, 1.82) is 0 Å². The second kappa shape index (κ2) is 7.36. The Balaban J connectivity index is 1.76. The van der Waals surface area contributed by atoms with Crippen LogP contribution >= 0.6 is 0 Å². The van der Waals surface area contributed by atoms with E-state index in [-0.39, 0.29) is 17.5 Å². The second-order valence-electron chi connectivity index (χ2n) is 6.03. The van der Waals surface area contributed by atoms with E-state index in [0.29, 0.717) is 12.2 Å². The number of sulfonamides is 1. The first-order chi connectivity index (χ1) is 12.4. The molecule has 1 saturated heterocycles. The minimum Gasteiger partial charge on any atom is -0.355 e. The summed E-state index contributed by atoms with van der Waals surface area (Å²) in [5, 5.41) is 11.0. The van der Waals surface area contributed by atoms with E-state index in [4.69, 9.17) is 5.73 Å². The van der Waals surface area contributed by atoms with E-state index in [2.05, 4.69) is 9.71 Å². The van der Waals surface area contributed by atoms with Crippen LogP contribution in [-0.2, 0) is 16.6 Å². The number of nitro benzene ring substituents is 1. The lowest BCUT2D eigenvalue weighted by molar-refractivity contribution is -0.387. The van der Waals surface area contributed by atoms with Gasteiger partial charge in [0.05, 0.1) is 17.2 Å². The Kier molecular flexibility index (Phi) is 5.16. The molecule has 9 nitrogen and oxygen atoms in total. The highest BCUT2D eigenvalue weighted by Gasteiger charge is 2.25. The van der Waals surface area contributed by atoms with Gasteiger partial charge in [0.2, 0.25) is 10.0 Å². The largest absolute Gasteiger partial charge is 0.355 e. The van der Waals surface area contributed by atoms with Crippen LogP contribution in [0.2, 0.25) is 0 Å². The van der Waals surface area contributed by atoms with Crippen LogP contribution in [0.25, 0.3) is 0 Å². The molecule has 0 spiro atoms. The minimum atomic E-state index is -4.04. The predicted molar refractivity (Wildman–Crippen MR) is 96.2 cm³/mol. The average Bonchev–Trinajstić information content (AvgIpc) is 3.07. The molecule has 1 fully saturated rings. The van der Waals surface area contributed by atoms with Gasteiger partial charge in [0.1, 0.15) is 5.82 Å². The standard InChI is InChI=1S/C16H19N5O4S/c17-12-8-9-20(11-12)16-7-3-4-13(19-16)10-18-26(24,25)15-6-2-1-5-14(15)21(22)23/h1-7,12,18H,8-11,17H2. The first-order valence-corrected chi connectivity index (χ1v) is 9.55. The maximum atomic E-state index is 12.4. The van der Waals surface area contributed by atoms with Gasteiger partial charge in [0.15, 0.2) is 4.90 Å². The number of hydrogen-bond acceptors (Lipinski definition) is 7. The van der Waals surface area contributed by atoms with E-state index in [9.17, 15) is 18.5 Å². The van der Waals surface area contributed by atoms with Crippen molar-refractivity contribution in [3.8, 4) is 0 Å². The molecule has 1 aromatic carbocycles. The normalized spacial score (nSPS) is 17.4. The molecule has 0 saturated carbocycles. The molecule has 0 amide bonds. The van der Waals surface area contributed by atoms with E-state index in [0.717, 1.165) is 24.8 Å². The number of benzene rings is 1. The molecule has 1 aliphatic rings. The highest BCUT2D eigenvalue weighted by atomic mass is 32.2. The van der Waals surface area contributed by atoms with Crippen LogP contribution in [0.3, 0.4) is 0 Å². The van der Waals surface area contributed by atoms with E-state index in [1.165, 1.54) is 18.2 Å². The molecule has 10 heteroatoms. The summed E-state index contributed by atoms with van der Waals surface area (Å²) in [6.45, 7) is 1.44. The molecule has 1 unspecified atom stereocenters. The molecule has 0 bridgehead atoms. The van der Waals surface area contributed by atoms with Gasteiger partial charge in [-0.05, 0) is 24.6 Å². The fourth-order valence-electron chi connectivity index (χ4n) is 2.82. The second-order valence-corrected chi connectivity index (χ2v) is 7.77. The number of para-hydroxylation sites is 1. The van der Waals surface area contributed by atoms with Crippen LogP contribution in [0.15, 0.2) is 47.4 Å². The highest BCUT2D eigenvalue weighted by molar-refractivity contribution is 7.89. The zero-order valence-electron chi connectivity index (χ0n) is 13.9. The number of nitro groups is 1. The van der Waals surface area contributed by atoms with E-state index >= 15 is 0 Å². The number of anilines is 1. The maximum Gasteiger partial charge on any atom is 0.289 e. The maximum absolute atomic E-state index is 12.4. The van der Waals surface area contributed by atoms with Gasteiger partial charge in [0, 0.05) is 25.2 Å². The summed E-state index contributed by atoms with van der Waals surface area (Å²) >= 11 is 0. The van der Waals surface area contributed by atoms with Crippen molar-refractivity contribution in [2.75, 3.05) is 18.0 Å². The lowest BCUT2D eigenvalue weighted by atomic mass is 10.3. The fourth-order valence-corrected chi connectivity index (χ4v) is 3.99. The number of pyridine rings is 1. The summed E-state index contributed by atoms with van der Waals surface area (Å²) in [6.07, 6.45) is 0.885. The van der Waals surface area contributed by atoms with Crippen molar-refractivity contribution < 1.29 is 13.3 Å².